The fraction of sp³-hybridized carbons (Fsp3) is 0.217. The molecule has 0 saturated heterocycles. The minimum absolute atomic E-state index is 0.0565. The van der Waals surface area contributed by atoms with Gasteiger partial charge in [-0.2, -0.15) is 17.6 Å². The lowest BCUT2D eigenvalue weighted by Gasteiger charge is -2.23. The molecule has 0 aliphatic carbocycles. The normalized spacial score (nSPS) is 14.2. The summed E-state index contributed by atoms with van der Waals surface area (Å²) in [7, 11) is -10.4. The number of esters is 2. The fourth-order valence-electron chi connectivity index (χ4n) is 3.64. The molecule has 0 bridgehead atoms. The zero-order valence-electron chi connectivity index (χ0n) is 21.1. The van der Waals surface area contributed by atoms with Gasteiger partial charge < -0.3 is 28.7 Å². The Labute approximate surface area is 263 Å². The van der Waals surface area contributed by atoms with Crippen molar-refractivity contribution < 1.29 is 65.0 Å². The lowest BCUT2D eigenvalue weighted by molar-refractivity contribution is 0.0294. The first-order chi connectivity index (χ1) is 19.8. The van der Waals surface area contributed by atoms with Crippen LogP contribution in [-0.4, -0.2) is 46.9 Å². The Balaban J connectivity index is 1.44. The number of thiophene rings is 2. The highest BCUT2D eigenvalue weighted by Crippen LogP contribution is 2.64. The number of alkyl halides is 4. The molecule has 0 aliphatic heterocycles. The number of halogens is 6. The van der Waals surface area contributed by atoms with Crippen molar-refractivity contribution in [3.63, 3.8) is 0 Å². The van der Waals surface area contributed by atoms with Crippen LogP contribution in [0.15, 0.2) is 45.3 Å². The second-order valence-corrected chi connectivity index (χ2v) is 16.0. The number of carbonyl (C=O) groups is 2. The van der Waals surface area contributed by atoms with Gasteiger partial charge in [-0.05, 0) is 47.2 Å². The van der Waals surface area contributed by atoms with E-state index < -0.39 is 62.8 Å². The Morgan fingerprint density at radius 2 is 1.26 bits per heavy atom. The summed E-state index contributed by atoms with van der Waals surface area (Å²) in [5.74, 6) is -1.73. The van der Waals surface area contributed by atoms with Crippen molar-refractivity contribution in [2.75, 3.05) is 20.3 Å². The molecule has 43 heavy (non-hydrogen) atoms. The molecule has 0 fully saturated rings. The lowest BCUT2D eigenvalue weighted by atomic mass is 10.2. The first kappa shape index (κ1) is 34.2. The Kier molecular flexibility index (Phi) is 9.72. The maximum absolute atomic E-state index is 15.2. The summed E-state index contributed by atoms with van der Waals surface area (Å²) in [6.07, 6.45) is 0. The summed E-state index contributed by atoms with van der Waals surface area (Å²) < 4.78 is 96.4. The fourth-order valence-corrected chi connectivity index (χ4v) is 8.62. The third kappa shape index (κ3) is 6.64. The first-order valence-electron chi connectivity index (χ1n) is 11.3. The standard InChI is InChI=1S/C23H16Br2F4O10P2S2/c1-37-20(30)18-6-10-5-15(25)13(9-17(10)42-18)23(28,29)41(35,36)39-3-2-38-21(31)19-7-11-4-14(24)12(8-16(11)43-19)22(26,27)40(32,33)34/h4-9H,2-3H2,1H3,(H,35,36)(H2,32,33,34). The van der Waals surface area contributed by atoms with Crippen LogP contribution < -0.4 is 0 Å². The number of hydrogen-bond donors (Lipinski definition) is 3. The van der Waals surface area contributed by atoms with Gasteiger partial charge in [-0.3, -0.25) is 9.13 Å². The summed E-state index contributed by atoms with van der Waals surface area (Å²) >= 11 is 7.27. The molecule has 1 unspecified atom stereocenters. The molecule has 2 aromatic heterocycles. The molecule has 0 aliphatic rings. The third-order valence-corrected chi connectivity index (χ3v) is 11.7. The molecule has 2 aromatic carbocycles. The molecule has 4 aromatic rings. The largest absolute Gasteiger partial charge is 0.465 e. The van der Waals surface area contributed by atoms with Crippen LogP contribution >= 0.6 is 69.7 Å². The molecule has 0 amide bonds. The number of ether oxygens (including phenoxy) is 2. The van der Waals surface area contributed by atoms with E-state index in [9.17, 15) is 32.4 Å². The summed E-state index contributed by atoms with van der Waals surface area (Å²) in [6.45, 7) is -1.66. The number of rotatable bonds is 10. The van der Waals surface area contributed by atoms with Gasteiger partial charge in [0, 0.05) is 29.5 Å². The molecule has 2 heterocycles. The molecule has 20 heteroatoms. The van der Waals surface area contributed by atoms with Crippen LogP contribution in [0.1, 0.15) is 30.5 Å². The predicted molar refractivity (Wildman–Crippen MR) is 156 cm³/mol. The second-order valence-electron chi connectivity index (χ2n) is 8.57. The van der Waals surface area contributed by atoms with E-state index in [2.05, 4.69) is 41.1 Å². The molecule has 0 radical (unpaired) electrons. The molecule has 3 N–H and O–H groups in total. The monoisotopic (exact) mass is 812 g/mol. The predicted octanol–water partition coefficient (Wildman–Crippen LogP) is 7.76. The zero-order valence-corrected chi connectivity index (χ0v) is 27.7. The number of benzene rings is 2. The first-order valence-corrected chi connectivity index (χ1v) is 17.7. The van der Waals surface area contributed by atoms with Crippen LogP contribution in [0.4, 0.5) is 17.6 Å². The van der Waals surface area contributed by atoms with Crippen molar-refractivity contribution in [2.45, 2.75) is 11.3 Å². The summed E-state index contributed by atoms with van der Waals surface area (Å²) in [5, 5.41) is 0.648. The van der Waals surface area contributed by atoms with Crippen molar-refractivity contribution >= 4 is 102 Å². The Bertz CT molecular complexity index is 1860. The van der Waals surface area contributed by atoms with Gasteiger partial charge >= 0.3 is 38.5 Å². The molecule has 1 atom stereocenters. The molecule has 4 rings (SSSR count). The van der Waals surface area contributed by atoms with Crippen LogP contribution in [0.2, 0.25) is 0 Å². The van der Waals surface area contributed by atoms with Crippen LogP contribution in [0.5, 0.6) is 0 Å². The summed E-state index contributed by atoms with van der Waals surface area (Å²) in [5.41, 5.74) is -10.8. The minimum atomic E-state index is -5.87. The van der Waals surface area contributed by atoms with Gasteiger partial charge in [0.1, 0.15) is 16.4 Å². The highest BCUT2D eigenvalue weighted by atomic mass is 79.9. The highest BCUT2D eigenvalue weighted by molar-refractivity contribution is 9.10. The molecule has 10 nitrogen and oxygen atoms in total. The van der Waals surface area contributed by atoms with E-state index in [1.807, 2.05) is 0 Å². The quantitative estimate of drug-likeness (QED) is 0.0626. The Morgan fingerprint density at radius 1 is 0.791 bits per heavy atom. The van der Waals surface area contributed by atoms with E-state index in [1.54, 1.807) is 0 Å². The topological polar surface area (TPSA) is 157 Å². The summed E-state index contributed by atoms with van der Waals surface area (Å²) in [6, 6.07) is 6.74. The van der Waals surface area contributed by atoms with Gasteiger partial charge in [0.15, 0.2) is 0 Å². The molecule has 0 saturated carbocycles. The number of methoxy groups -OCH3 is 1. The van der Waals surface area contributed by atoms with Crippen molar-refractivity contribution in [1.29, 1.82) is 0 Å². The zero-order chi connectivity index (χ0) is 32.1. The van der Waals surface area contributed by atoms with Crippen molar-refractivity contribution in [2.24, 2.45) is 0 Å². The van der Waals surface area contributed by atoms with E-state index in [1.165, 1.54) is 18.2 Å². The van der Waals surface area contributed by atoms with Gasteiger partial charge in [0.2, 0.25) is 0 Å². The molecule has 0 spiro atoms. The average Bonchev–Trinajstić information content (AvgIpc) is 3.52. The minimum Gasteiger partial charge on any atom is -0.465 e. The van der Waals surface area contributed by atoms with Crippen molar-refractivity contribution in [3.8, 4) is 0 Å². The van der Waals surface area contributed by atoms with Crippen LogP contribution in [0, 0.1) is 0 Å². The van der Waals surface area contributed by atoms with Crippen LogP contribution in [0.3, 0.4) is 0 Å². The molecular weight excluding hydrogens is 798 g/mol. The van der Waals surface area contributed by atoms with Gasteiger partial charge in [0.05, 0.1) is 13.7 Å². The van der Waals surface area contributed by atoms with E-state index in [0.29, 0.717) is 16.7 Å². The SMILES string of the molecule is COC(=O)c1cc2cc(Br)c(C(F)(F)P(=O)(O)OCCOC(=O)c3cc4cc(Br)c(C(F)(F)P(=O)(O)O)cc4s3)cc2s1. The molecular formula is C23H16Br2F4O10P2S2. The average molecular weight is 814 g/mol. The van der Waals surface area contributed by atoms with Crippen molar-refractivity contribution in [1.82, 2.24) is 0 Å². The molecule has 232 valence electrons. The van der Waals surface area contributed by atoms with E-state index >= 15 is 8.78 Å². The summed E-state index contributed by atoms with van der Waals surface area (Å²) in [4.78, 5) is 52.4. The van der Waals surface area contributed by atoms with Crippen molar-refractivity contribution in [3.05, 3.63) is 66.2 Å². The van der Waals surface area contributed by atoms with Gasteiger partial charge in [-0.25, -0.2) is 9.59 Å². The number of fused-ring (bicyclic) bond motifs is 2. The van der Waals surface area contributed by atoms with Gasteiger partial charge in [-0.15, -0.1) is 22.7 Å². The van der Waals surface area contributed by atoms with Crippen LogP contribution in [-0.2, 0) is 34.5 Å². The highest BCUT2D eigenvalue weighted by Gasteiger charge is 2.54. The van der Waals surface area contributed by atoms with E-state index in [4.69, 9.17) is 14.5 Å². The Hall–Kier alpha value is -1.72. The van der Waals surface area contributed by atoms with Gasteiger partial charge in [0.25, 0.3) is 0 Å². The maximum atomic E-state index is 15.2. The number of hydrogen-bond acceptors (Lipinski definition) is 9. The lowest BCUT2D eigenvalue weighted by Crippen LogP contribution is -2.18. The Morgan fingerprint density at radius 3 is 1.72 bits per heavy atom. The maximum Gasteiger partial charge on any atom is 0.402 e. The number of carbonyl (C=O) groups excluding carboxylic acids is 2. The van der Waals surface area contributed by atoms with Gasteiger partial charge in [-0.1, -0.05) is 31.9 Å². The van der Waals surface area contributed by atoms with Crippen LogP contribution in [0.25, 0.3) is 20.2 Å². The third-order valence-electron chi connectivity index (χ3n) is 5.75. The van der Waals surface area contributed by atoms with E-state index in [0.717, 1.165) is 36.6 Å². The smallest absolute Gasteiger partial charge is 0.402 e. The second kappa shape index (κ2) is 12.2. The van der Waals surface area contributed by atoms with E-state index in [-0.39, 0.29) is 33.5 Å².